The van der Waals surface area contributed by atoms with Gasteiger partial charge in [0.15, 0.2) is 5.16 Å². The molecule has 0 aliphatic carbocycles. The number of ether oxygens (including phenoxy) is 1. The summed E-state index contributed by atoms with van der Waals surface area (Å²) < 4.78 is 36.0. The Hall–Kier alpha value is -1.87. The summed E-state index contributed by atoms with van der Waals surface area (Å²) in [6, 6.07) is 13.8. The predicted molar refractivity (Wildman–Crippen MR) is 139 cm³/mol. The van der Waals surface area contributed by atoms with Gasteiger partial charge in [0, 0.05) is 38.6 Å². The van der Waals surface area contributed by atoms with E-state index in [4.69, 9.17) is 9.72 Å². The topological polar surface area (TPSA) is 64.4 Å². The quantitative estimate of drug-likeness (QED) is 0.272. The molecule has 0 amide bonds. The minimum Gasteiger partial charge on any atom is -0.382 e. The van der Waals surface area contributed by atoms with Crippen LogP contribution in [0.4, 0.5) is 0 Å². The maximum atomic E-state index is 13.3. The molecule has 1 aromatic heterocycles. The van der Waals surface area contributed by atoms with Gasteiger partial charge in [-0.15, -0.1) is 0 Å². The Labute approximate surface area is 207 Å². The molecule has 2 aromatic carbocycles. The lowest BCUT2D eigenvalue weighted by atomic mass is 10.0. The van der Waals surface area contributed by atoms with E-state index < -0.39 is 10.0 Å². The molecule has 0 bridgehead atoms. The van der Waals surface area contributed by atoms with Crippen LogP contribution in [0.5, 0.6) is 0 Å². The number of thioether (sulfide) groups is 1. The van der Waals surface area contributed by atoms with Crippen molar-refractivity contribution in [3.8, 4) is 0 Å². The monoisotopic (exact) mass is 501 g/mol. The molecule has 1 aliphatic heterocycles. The molecule has 3 aromatic rings. The van der Waals surface area contributed by atoms with Gasteiger partial charge in [0.1, 0.15) is 0 Å². The Bertz CT molecular complexity index is 1220. The van der Waals surface area contributed by atoms with Gasteiger partial charge < -0.3 is 9.30 Å². The first-order chi connectivity index (χ1) is 16.4. The summed E-state index contributed by atoms with van der Waals surface area (Å²) in [5.74, 6) is 1.21. The molecule has 1 saturated heterocycles. The van der Waals surface area contributed by atoms with Crippen LogP contribution in [-0.4, -0.2) is 48.6 Å². The van der Waals surface area contributed by atoms with Crippen molar-refractivity contribution in [2.75, 3.05) is 26.3 Å². The maximum Gasteiger partial charge on any atom is 0.243 e. The number of rotatable bonds is 10. The highest BCUT2D eigenvalue weighted by Gasteiger charge is 2.29. The van der Waals surface area contributed by atoms with Crippen molar-refractivity contribution in [1.29, 1.82) is 0 Å². The number of benzene rings is 2. The van der Waals surface area contributed by atoms with Crippen LogP contribution in [0.25, 0.3) is 11.0 Å². The van der Waals surface area contributed by atoms with Gasteiger partial charge in [0.05, 0.1) is 15.9 Å². The fourth-order valence-electron chi connectivity index (χ4n) is 4.47. The minimum atomic E-state index is -3.52. The fraction of sp³-hybridized carbons (Fsp3) is 0.500. The summed E-state index contributed by atoms with van der Waals surface area (Å²) >= 11 is 1.70. The van der Waals surface area contributed by atoms with E-state index in [1.165, 1.54) is 11.1 Å². The average molecular weight is 502 g/mol. The van der Waals surface area contributed by atoms with Crippen molar-refractivity contribution < 1.29 is 13.2 Å². The SMILES string of the molecule is CCOCCCn1c(SCc2ccccc2C)nc2cc(S(=O)(=O)N3CCCC(C)C3)ccc21. The Morgan fingerprint density at radius 1 is 1.21 bits per heavy atom. The summed E-state index contributed by atoms with van der Waals surface area (Å²) in [6.07, 6.45) is 2.87. The summed E-state index contributed by atoms with van der Waals surface area (Å²) in [6.45, 7) is 9.60. The lowest BCUT2D eigenvalue weighted by molar-refractivity contribution is 0.141. The molecule has 0 spiro atoms. The Kier molecular flexibility index (Phi) is 8.34. The summed E-state index contributed by atoms with van der Waals surface area (Å²) in [7, 11) is -3.52. The van der Waals surface area contributed by atoms with Crippen LogP contribution in [-0.2, 0) is 27.1 Å². The van der Waals surface area contributed by atoms with Crippen molar-refractivity contribution in [2.24, 2.45) is 5.92 Å². The second-order valence-corrected chi connectivity index (χ2v) is 12.0. The molecule has 6 nitrogen and oxygen atoms in total. The number of aromatic nitrogens is 2. The number of aryl methyl sites for hydroxylation is 2. The van der Waals surface area contributed by atoms with Gasteiger partial charge in [0.2, 0.25) is 10.0 Å². The minimum absolute atomic E-state index is 0.337. The molecule has 184 valence electrons. The van der Waals surface area contributed by atoms with Crippen molar-refractivity contribution in [3.05, 3.63) is 53.6 Å². The maximum absolute atomic E-state index is 13.3. The van der Waals surface area contributed by atoms with Gasteiger partial charge in [-0.25, -0.2) is 13.4 Å². The summed E-state index contributed by atoms with van der Waals surface area (Å²) in [4.78, 5) is 5.23. The van der Waals surface area contributed by atoms with E-state index in [1.54, 1.807) is 28.2 Å². The van der Waals surface area contributed by atoms with Crippen LogP contribution in [0.3, 0.4) is 0 Å². The molecule has 0 saturated carbocycles. The second kappa shape index (κ2) is 11.2. The molecular weight excluding hydrogens is 466 g/mol. The molecule has 1 atom stereocenters. The number of piperidine rings is 1. The lowest BCUT2D eigenvalue weighted by Gasteiger charge is -2.30. The van der Waals surface area contributed by atoms with E-state index in [-0.39, 0.29) is 0 Å². The third kappa shape index (κ3) is 5.67. The largest absolute Gasteiger partial charge is 0.382 e. The first-order valence-corrected chi connectivity index (χ1v) is 14.6. The first kappa shape index (κ1) is 25.2. The number of sulfonamides is 1. The zero-order valence-corrected chi connectivity index (χ0v) is 22.0. The standard InChI is InChI=1S/C26H35N3O3S2/c1-4-32-16-8-15-29-25-13-12-23(34(30,31)28-14-7-9-20(2)18-28)17-24(25)27-26(29)33-19-22-11-6-5-10-21(22)3/h5-6,10-13,17,20H,4,7-9,14-16,18-19H2,1-3H3. The highest BCUT2D eigenvalue weighted by atomic mass is 32.2. The van der Waals surface area contributed by atoms with Gasteiger partial charge in [-0.1, -0.05) is 43.0 Å². The van der Waals surface area contributed by atoms with Crippen LogP contribution in [0.1, 0.15) is 44.2 Å². The number of imidazole rings is 1. The lowest BCUT2D eigenvalue weighted by Crippen LogP contribution is -2.39. The molecular formula is C26H35N3O3S2. The fourth-order valence-corrected chi connectivity index (χ4v) is 7.21. The second-order valence-electron chi connectivity index (χ2n) is 9.07. The summed E-state index contributed by atoms with van der Waals surface area (Å²) in [5, 5.41) is 0.913. The number of hydrogen-bond acceptors (Lipinski definition) is 5. The van der Waals surface area contributed by atoms with E-state index in [1.807, 2.05) is 13.0 Å². The normalized spacial score (nSPS) is 17.4. The van der Waals surface area contributed by atoms with Crippen molar-refractivity contribution in [3.63, 3.8) is 0 Å². The Balaban J connectivity index is 1.64. The van der Waals surface area contributed by atoms with Gasteiger partial charge in [-0.2, -0.15) is 4.31 Å². The van der Waals surface area contributed by atoms with Gasteiger partial charge >= 0.3 is 0 Å². The average Bonchev–Trinajstić information content (AvgIpc) is 3.18. The molecule has 1 fully saturated rings. The van der Waals surface area contributed by atoms with E-state index in [2.05, 4.69) is 42.7 Å². The molecule has 2 heterocycles. The zero-order valence-electron chi connectivity index (χ0n) is 20.4. The molecule has 0 N–H and O–H groups in total. The molecule has 4 rings (SSSR count). The van der Waals surface area contributed by atoms with E-state index in [9.17, 15) is 8.42 Å². The zero-order chi connectivity index (χ0) is 24.1. The molecule has 8 heteroatoms. The third-order valence-corrected chi connectivity index (χ3v) is 9.32. The van der Waals surface area contributed by atoms with Crippen LogP contribution in [0.15, 0.2) is 52.5 Å². The smallest absolute Gasteiger partial charge is 0.243 e. The van der Waals surface area contributed by atoms with Crippen LogP contribution >= 0.6 is 11.8 Å². The van der Waals surface area contributed by atoms with Crippen LogP contribution in [0, 0.1) is 12.8 Å². The molecule has 34 heavy (non-hydrogen) atoms. The number of fused-ring (bicyclic) bond motifs is 1. The molecule has 1 unspecified atom stereocenters. The number of nitrogens with zero attached hydrogens (tertiary/aromatic N) is 3. The Morgan fingerprint density at radius 3 is 2.79 bits per heavy atom. The highest BCUT2D eigenvalue weighted by molar-refractivity contribution is 7.98. The first-order valence-electron chi connectivity index (χ1n) is 12.2. The van der Waals surface area contributed by atoms with E-state index in [0.717, 1.165) is 47.7 Å². The predicted octanol–water partition coefficient (Wildman–Crippen LogP) is 5.48. The number of hydrogen-bond donors (Lipinski definition) is 0. The molecule has 1 aliphatic rings. The van der Waals surface area contributed by atoms with E-state index in [0.29, 0.717) is 37.1 Å². The van der Waals surface area contributed by atoms with Gasteiger partial charge in [-0.05, 0) is 68.4 Å². The highest BCUT2D eigenvalue weighted by Crippen LogP contribution is 2.31. The third-order valence-electron chi connectivity index (χ3n) is 6.43. The van der Waals surface area contributed by atoms with Crippen LogP contribution in [0.2, 0.25) is 0 Å². The van der Waals surface area contributed by atoms with Gasteiger partial charge in [0.25, 0.3) is 0 Å². The molecule has 0 radical (unpaired) electrons. The Morgan fingerprint density at radius 2 is 2.03 bits per heavy atom. The van der Waals surface area contributed by atoms with Crippen LogP contribution < -0.4 is 0 Å². The van der Waals surface area contributed by atoms with Crippen molar-refractivity contribution in [1.82, 2.24) is 13.9 Å². The van der Waals surface area contributed by atoms with Crippen molar-refractivity contribution >= 4 is 32.8 Å². The van der Waals surface area contributed by atoms with Gasteiger partial charge in [-0.3, -0.25) is 0 Å². The van der Waals surface area contributed by atoms with Crippen molar-refractivity contribution in [2.45, 2.75) is 62.4 Å². The van der Waals surface area contributed by atoms with E-state index >= 15 is 0 Å². The summed E-state index contributed by atoms with van der Waals surface area (Å²) in [5.41, 5.74) is 4.24.